The standard InChI is InChI=1S/C17H21N3O4S/c1-11(2)20-16(23)15(22)19(17(20)24)10-14(21)18(3)9-12-5-7-13(25-4)8-6-12/h5-8,11H,9-10H2,1-4H3. The summed E-state index contributed by atoms with van der Waals surface area (Å²) in [6, 6.07) is 6.60. The number of benzene rings is 1. The van der Waals surface area contributed by atoms with E-state index in [9.17, 15) is 19.2 Å². The van der Waals surface area contributed by atoms with Gasteiger partial charge in [-0.25, -0.2) is 9.69 Å². The van der Waals surface area contributed by atoms with Crippen molar-refractivity contribution in [2.24, 2.45) is 0 Å². The first kappa shape index (κ1) is 19.0. The van der Waals surface area contributed by atoms with Crippen molar-refractivity contribution in [1.82, 2.24) is 14.7 Å². The maximum atomic E-state index is 12.3. The molecule has 0 atom stereocenters. The summed E-state index contributed by atoms with van der Waals surface area (Å²) in [6.45, 7) is 3.19. The third kappa shape index (κ3) is 4.01. The van der Waals surface area contributed by atoms with Crippen LogP contribution >= 0.6 is 11.8 Å². The van der Waals surface area contributed by atoms with Crippen molar-refractivity contribution < 1.29 is 19.2 Å². The average Bonchev–Trinajstić information content (AvgIpc) is 2.78. The van der Waals surface area contributed by atoms with E-state index in [-0.39, 0.29) is 0 Å². The maximum absolute atomic E-state index is 12.3. The van der Waals surface area contributed by atoms with E-state index in [1.807, 2.05) is 30.5 Å². The van der Waals surface area contributed by atoms with E-state index >= 15 is 0 Å². The molecule has 0 aromatic heterocycles. The lowest BCUT2D eigenvalue weighted by Gasteiger charge is -2.21. The van der Waals surface area contributed by atoms with Crippen LogP contribution < -0.4 is 0 Å². The minimum Gasteiger partial charge on any atom is -0.340 e. The number of hydrogen-bond acceptors (Lipinski definition) is 5. The third-order valence-corrected chi connectivity index (χ3v) is 4.64. The van der Waals surface area contributed by atoms with Gasteiger partial charge in [0.15, 0.2) is 0 Å². The van der Waals surface area contributed by atoms with Crippen LogP contribution in [0.3, 0.4) is 0 Å². The number of likely N-dealkylation sites (N-methyl/N-ethyl adjacent to an activating group) is 1. The van der Waals surface area contributed by atoms with Crippen LogP contribution in [0.25, 0.3) is 0 Å². The highest BCUT2D eigenvalue weighted by Gasteiger charge is 2.46. The molecule has 0 aliphatic carbocycles. The van der Waals surface area contributed by atoms with Gasteiger partial charge < -0.3 is 4.90 Å². The molecule has 1 saturated heterocycles. The molecule has 0 unspecified atom stereocenters. The Kier molecular flexibility index (Phi) is 5.84. The highest BCUT2D eigenvalue weighted by molar-refractivity contribution is 7.98. The Bertz CT molecular complexity index is 702. The van der Waals surface area contributed by atoms with Gasteiger partial charge in [0.1, 0.15) is 6.54 Å². The molecule has 7 nitrogen and oxygen atoms in total. The quantitative estimate of drug-likeness (QED) is 0.435. The van der Waals surface area contributed by atoms with E-state index in [0.29, 0.717) is 11.4 Å². The minimum absolute atomic E-state index is 0.353. The normalized spacial score (nSPS) is 14.7. The Morgan fingerprint density at radius 3 is 2.20 bits per heavy atom. The second-order valence-electron chi connectivity index (χ2n) is 6.04. The van der Waals surface area contributed by atoms with Crippen molar-refractivity contribution in [3.8, 4) is 0 Å². The van der Waals surface area contributed by atoms with Crippen molar-refractivity contribution in [3.63, 3.8) is 0 Å². The molecule has 134 valence electrons. The van der Waals surface area contributed by atoms with Gasteiger partial charge >= 0.3 is 17.8 Å². The largest absolute Gasteiger partial charge is 0.340 e. The summed E-state index contributed by atoms with van der Waals surface area (Å²) in [7, 11) is 1.60. The van der Waals surface area contributed by atoms with Gasteiger partial charge in [-0.1, -0.05) is 12.1 Å². The molecule has 0 N–H and O–H groups in total. The molecule has 1 aliphatic rings. The number of imide groups is 2. The first-order valence-corrected chi connectivity index (χ1v) is 9.04. The average molecular weight is 363 g/mol. The van der Waals surface area contributed by atoms with Crippen LogP contribution in [-0.2, 0) is 20.9 Å². The summed E-state index contributed by atoms with van der Waals surface area (Å²) in [6.07, 6.45) is 1.98. The SMILES string of the molecule is CSc1ccc(CN(C)C(=O)CN2C(=O)C(=O)N(C(C)C)C2=O)cc1. The number of carbonyl (C=O) groups is 4. The molecule has 1 fully saturated rings. The van der Waals surface area contributed by atoms with E-state index in [1.165, 1.54) is 4.90 Å². The topological polar surface area (TPSA) is 78.0 Å². The van der Waals surface area contributed by atoms with Crippen molar-refractivity contribution >= 4 is 35.5 Å². The van der Waals surface area contributed by atoms with Crippen LogP contribution in [0.4, 0.5) is 4.79 Å². The summed E-state index contributed by atoms with van der Waals surface area (Å²) >= 11 is 1.63. The molecule has 1 aliphatic heterocycles. The second kappa shape index (κ2) is 7.69. The van der Waals surface area contributed by atoms with E-state index in [1.54, 1.807) is 32.7 Å². The summed E-state index contributed by atoms with van der Waals surface area (Å²) in [5, 5.41) is 0. The lowest BCUT2D eigenvalue weighted by Crippen LogP contribution is -2.42. The molecular weight excluding hydrogens is 342 g/mol. The highest BCUT2D eigenvalue weighted by Crippen LogP contribution is 2.17. The zero-order chi connectivity index (χ0) is 18.7. The molecule has 0 bridgehead atoms. The number of urea groups is 1. The lowest BCUT2D eigenvalue weighted by molar-refractivity contribution is -0.145. The molecule has 1 aromatic carbocycles. The minimum atomic E-state index is -0.954. The van der Waals surface area contributed by atoms with Crippen molar-refractivity contribution in [1.29, 1.82) is 0 Å². The third-order valence-electron chi connectivity index (χ3n) is 3.90. The summed E-state index contributed by atoms with van der Waals surface area (Å²) < 4.78 is 0. The monoisotopic (exact) mass is 363 g/mol. The van der Waals surface area contributed by atoms with Crippen LogP contribution in [0.2, 0.25) is 0 Å². The Morgan fingerprint density at radius 1 is 1.12 bits per heavy atom. The molecule has 0 saturated carbocycles. The number of nitrogens with zero attached hydrogens (tertiary/aromatic N) is 3. The van der Waals surface area contributed by atoms with Gasteiger partial charge in [-0.15, -0.1) is 11.8 Å². The van der Waals surface area contributed by atoms with Crippen LogP contribution in [0.15, 0.2) is 29.2 Å². The smallest absolute Gasteiger partial charge is 0.334 e. The van der Waals surface area contributed by atoms with E-state index < -0.39 is 36.3 Å². The number of rotatable bonds is 6. The van der Waals surface area contributed by atoms with Crippen molar-refractivity contribution in [3.05, 3.63) is 29.8 Å². The number of carbonyl (C=O) groups excluding carboxylic acids is 4. The van der Waals surface area contributed by atoms with Gasteiger partial charge in [0.2, 0.25) is 5.91 Å². The molecule has 8 heteroatoms. The van der Waals surface area contributed by atoms with Gasteiger partial charge in [-0.3, -0.25) is 19.3 Å². The molecule has 25 heavy (non-hydrogen) atoms. The predicted octanol–water partition coefficient (Wildman–Crippen LogP) is 1.57. The zero-order valence-electron chi connectivity index (χ0n) is 14.7. The first-order chi connectivity index (χ1) is 11.8. The highest BCUT2D eigenvalue weighted by atomic mass is 32.2. The summed E-state index contributed by atoms with van der Waals surface area (Å²) in [5.41, 5.74) is 0.938. The number of hydrogen-bond donors (Lipinski definition) is 0. The zero-order valence-corrected chi connectivity index (χ0v) is 15.5. The summed E-state index contributed by atoms with van der Waals surface area (Å²) in [4.78, 5) is 52.5. The molecule has 0 radical (unpaired) electrons. The molecule has 1 heterocycles. The fourth-order valence-corrected chi connectivity index (χ4v) is 2.87. The first-order valence-electron chi connectivity index (χ1n) is 7.82. The van der Waals surface area contributed by atoms with Crippen LogP contribution in [0, 0.1) is 0 Å². The number of thioether (sulfide) groups is 1. The molecule has 1 aromatic rings. The van der Waals surface area contributed by atoms with Crippen LogP contribution in [0.1, 0.15) is 19.4 Å². The van der Waals surface area contributed by atoms with Crippen LogP contribution in [-0.4, -0.2) is 64.3 Å². The predicted molar refractivity (Wildman–Crippen MR) is 93.8 cm³/mol. The molecule has 0 spiro atoms. The van der Waals surface area contributed by atoms with E-state index in [0.717, 1.165) is 15.4 Å². The van der Waals surface area contributed by atoms with Gasteiger partial charge in [-0.05, 0) is 37.8 Å². The van der Waals surface area contributed by atoms with Gasteiger partial charge in [-0.2, -0.15) is 0 Å². The molecular formula is C17H21N3O4S. The van der Waals surface area contributed by atoms with Crippen LogP contribution in [0.5, 0.6) is 0 Å². The summed E-state index contributed by atoms with van der Waals surface area (Å²) in [5.74, 6) is -2.25. The second-order valence-corrected chi connectivity index (χ2v) is 6.92. The Morgan fingerprint density at radius 2 is 1.72 bits per heavy atom. The maximum Gasteiger partial charge on any atom is 0.334 e. The molecule has 5 amide bonds. The van der Waals surface area contributed by atoms with Gasteiger partial charge in [0.25, 0.3) is 0 Å². The van der Waals surface area contributed by atoms with E-state index in [4.69, 9.17) is 0 Å². The fraction of sp³-hybridized carbons (Fsp3) is 0.412. The Hall–Kier alpha value is -2.35. The van der Waals surface area contributed by atoms with E-state index in [2.05, 4.69) is 0 Å². The van der Waals surface area contributed by atoms with Gasteiger partial charge in [0, 0.05) is 24.5 Å². The Balaban J connectivity index is 2.01. The molecule has 2 rings (SSSR count). The van der Waals surface area contributed by atoms with Gasteiger partial charge in [0.05, 0.1) is 0 Å². The lowest BCUT2D eigenvalue weighted by atomic mass is 10.2. The van der Waals surface area contributed by atoms with Crippen molar-refractivity contribution in [2.75, 3.05) is 19.8 Å². The number of amides is 5. The fourth-order valence-electron chi connectivity index (χ4n) is 2.47. The Labute approximate surface area is 150 Å². The van der Waals surface area contributed by atoms with Crippen molar-refractivity contribution in [2.45, 2.75) is 31.3 Å².